The van der Waals surface area contributed by atoms with Crippen LogP contribution in [0.15, 0.2) is 48.5 Å². The van der Waals surface area contributed by atoms with Crippen molar-refractivity contribution >= 4 is 28.1 Å². The fourth-order valence-electron chi connectivity index (χ4n) is 2.54. The van der Waals surface area contributed by atoms with Gasteiger partial charge in [-0.25, -0.2) is 4.98 Å². The lowest BCUT2D eigenvalue weighted by Gasteiger charge is -2.06. The van der Waals surface area contributed by atoms with Gasteiger partial charge in [-0.05, 0) is 26.0 Å². The highest BCUT2D eigenvalue weighted by molar-refractivity contribution is 7.16. The topological polar surface area (TPSA) is 94.4 Å². The van der Waals surface area contributed by atoms with E-state index in [1.54, 1.807) is 6.92 Å². The molecule has 1 amide bonds. The lowest BCUT2D eigenvalue weighted by molar-refractivity contribution is -0.385. The highest BCUT2D eigenvalue weighted by Crippen LogP contribution is 2.30. The van der Waals surface area contributed by atoms with Crippen LogP contribution < -0.4 is 10.1 Å². The molecular formula is C19H17N3O4S. The number of nitrogens with zero attached hydrogens (tertiary/aromatic N) is 2. The third-order valence-electron chi connectivity index (χ3n) is 3.83. The van der Waals surface area contributed by atoms with E-state index in [2.05, 4.69) is 10.3 Å². The van der Waals surface area contributed by atoms with Crippen LogP contribution in [0.4, 0.5) is 10.8 Å². The third-order valence-corrected chi connectivity index (χ3v) is 4.71. The molecule has 27 heavy (non-hydrogen) atoms. The van der Waals surface area contributed by atoms with Crippen molar-refractivity contribution in [3.05, 3.63) is 69.1 Å². The third kappa shape index (κ3) is 4.48. The quantitative estimate of drug-likeness (QED) is 0.504. The first-order valence-corrected chi connectivity index (χ1v) is 8.96. The van der Waals surface area contributed by atoms with E-state index in [-0.39, 0.29) is 18.2 Å². The predicted molar refractivity (Wildman–Crippen MR) is 104 cm³/mol. The first kappa shape index (κ1) is 18.5. The Morgan fingerprint density at radius 3 is 2.63 bits per heavy atom. The van der Waals surface area contributed by atoms with Crippen molar-refractivity contribution in [3.63, 3.8) is 0 Å². The number of anilines is 1. The van der Waals surface area contributed by atoms with Crippen molar-refractivity contribution < 1.29 is 14.5 Å². The van der Waals surface area contributed by atoms with E-state index in [1.807, 2.05) is 37.3 Å². The highest BCUT2D eigenvalue weighted by Gasteiger charge is 2.14. The number of thiazole rings is 1. The summed E-state index contributed by atoms with van der Waals surface area (Å²) in [4.78, 5) is 28.0. The molecule has 3 aromatic rings. The standard InChI is InChI=1S/C19H17N3O4S/c1-12-10-15(8-9-16(12)22(24)25)26-11-17(23)20-19-21-18(13(2)27-19)14-6-4-3-5-7-14/h3-10H,11H2,1-2H3,(H,20,21,23). The smallest absolute Gasteiger partial charge is 0.272 e. The summed E-state index contributed by atoms with van der Waals surface area (Å²) in [6, 6.07) is 14.1. The van der Waals surface area contributed by atoms with Gasteiger partial charge in [0, 0.05) is 22.1 Å². The summed E-state index contributed by atoms with van der Waals surface area (Å²) in [6.45, 7) is 3.36. The van der Waals surface area contributed by atoms with Crippen molar-refractivity contribution in [1.29, 1.82) is 0 Å². The monoisotopic (exact) mass is 383 g/mol. The van der Waals surface area contributed by atoms with Crippen molar-refractivity contribution in [2.75, 3.05) is 11.9 Å². The van der Waals surface area contributed by atoms with Gasteiger partial charge in [0.05, 0.1) is 10.6 Å². The van der Waals surface area contributed by atoms with Gasteiger partial charge in [-0.15, -0.1) is 11.3 Å². The summed E-state index contributed by atoms with van der Waals surface area (Å²) in [5, 5.41) is 14.1. The van der Waals surface area contributed by atoms with Crippen LogP contribution in [0.25, 0.3) is 11.3 Å². The average Bonchev–Trinajstić information content (AvgIpc) is 3.00. The fraction of sp³-hybridized carbons (Fsp3) is 0.158. The molecule has 1 aromatic heterocycles. The Morgan fingerprint density at radius 2 is 1.96 bits per heavy atom. The zero-order valence-electron chi connectivity index (χ0n) is 14.8. The maximum Gasteiger partial charge on any atom is 0.272 e. The van der Waals surface area contributed by atoms with Crippen molar-refractivity contribution in [1.82, 2.24) is 4.98 Å². The molecule has 3 rings (SSSR count). The molecule has 0 aliphatic heterocycles. The molecule has 0 aliphatic rings. The van der Waals surface area contributed by atoms with Gasteiger partial charge in [-0.3, -0.25) is 20.2 Å². The Bertz CT molecular complexity index is 986. The number of hydrogen-bond donors (Lipinski definition) is 1. The summed E-state index contributed by atoms with van der Waals surface area (Å²) >= 11 is 1.39. The molecule has 0 radical (unpaired) electrons. The molecule has 7 nitrogen and oxygen atoms in total. The molecule has 0 aliphatic carbocycles. The minimum Gasteiger partial charge on any atom is -0.484 e. The number of rotatable bonds is 6. The van der Waals surface area contributed by atoms with Crippen LogP contribution in [-0.2, 0) is 4.79 Å². The number of nitro groups is 1. The second-order valence-corrected chi connectivity index (χ2v) is 7.04. The number of nitro benzene ring substituents is 1. The maximum absolute atomic E-state index is 12.1. The summed E-state index contributed by atoms with van der Waals surface area (Å²) in [7, 11) is 0. The van der Waals surface area contributed by atoms with Crippen LogP contribution in [0.1, 0.15) is 10.4 Å². The van der Waals surface area contributed by atoms with E-state index in [0.717, 1.165) is 16.1 Å². The summed E-state index contributed by atoms with van der Waals surface area (Å²) in [6.07, 6.45) is 0. The molecule has 0 atom stereocenters. The van der Waals surface area contributed by atoms with E-state index >= 15 is 0 Å². The van der Waals surface area contributed by atoms with Gasteiger partial charge >= 0.3 is 0 Å². The van der Waals surface area contributed by atoms with E-state index in [4.69, 9.17) is 4.74 Å². The average molecular weight is 383 g/mol. The minimum atomic E-state index is -0.457. The Labute approximate surface area is 159 Å². The highest BCUT2D eigenvalue weighted by atomic mass is 32.1. The minimum absolute atomic E-state index is 0.0125. The van der Waals surface area contributed by atoms with E-state index in [1.165, 1.54) is 29.5 Å². The van der Waals surface area contributed by atoms with Gasteiger partial charge in [-0.2, -0.15) is 0 Å². The van der Waals surface area contributed by atoms with E-state index in [9.17, 15) is 14.9 Å². The van der Waals surface area contributed by atoms with Crippen LogP contribution in [0.2, 0.25) is 0 Å². The maximum atomic E-state index is 12.1. The Hall–Kier alpha value is -3.26. The van der Waals surface area contributed by atoms with Crippen LogP contribution in [0, 0.1) is 24.0 Å². The lowest BCUT2D eigenvalue weighted by atomic mass is 10.1. The molecular weight excluding hydrogens is 366 g/mol. The van der Waals surface area contributed by atoms with Gasteiger partial charge in [0.15, 0.2) is 11.7 Å². The zero-order valence-corrected chi connectivity index (χ0v) is 15.6. The van der Waals surface area contributed by atoms with Crippen LogP contribution in [0.3, 0.4) is 0 Å². The van der Waals surface area contributed by atoms with Gasteiger partial charge in [0.2, 0.25) is 0 Å². The molecule has 0 saturated carbocycles. The molecule has 0 saturated heterocycles. The SMILES string of the molecule is Cc1cc(OCC(=O)Nc2nc(-c3ccccc3)c(C)s2)ccc1[N+](=O)[O-]. The number of aryl methyl sites for hydroxylation is 2. The van der Waals surface area contributed by atoms with Crippen LogP contribution >= 0.6 is 11.3 Å². The summed E-state index contributed by atoms with van der Waals surface area (Å²) in [5.41, 5.74) is 2.31. The lowest BCUT2D eigenvalue weighted by Crippen LogP contribution is -2.20. The Morgan fingerprint density at radius 1 is 1.22 bits per heavy atom. The number of amides is 1. The van der Waals surface area contributed by atoms with Crippen molar-refractivity contribution in [2.45, 2.75) is 13.8 Å². The summed E-state index contributed by atoms with van der Waals surface area (Å²) in [5.74, 6) is 0.0490. The largest absolute Gasteiger partial charge is 0.484 e. The molecule has 0 bridgehead atoms. The summed E-state index contributed by atoms with van der Waals surface area (Å²) < 4.78 is 5.42. The first-order valence-electron chi connectivity index (χ1n) is 8.14. The number of carbonyl (C=O) groups excluding carboxylic acids is 1. The second kappa shape index (κ2) is 7.96. The van der Waals surface area contributed by atoms with Crippen molar-refractivity contribution in [2.24, 2.45) is 0 Å². The van der Waals surface area contributed by atoms with Crippen LogP contribution in [-0.4, -0.2) is 22.4 Å². The molecule has 2 aromatic carbocycles. The molecule has 1 heterocycles. The fourth-order valence-corrected chi connectivity index (χ4v) is 3.39. The number of hydrogen-bond acceptors (Lipinski definition) is 6. The molecule has 0 fully saturated rings. The number of ether oxygens (including phenoxy) is 1. The number of nitrogens with one attached hydrogen (secondary N) is 1. The van der Waals surface area contributed by atoms with Gasteiger partial charge in [0.25, 0.3) is 11.6 Å². The normalized spacial score (nSPS) is 10.4. The number of carbonyl (C=O) groups is 1. The molecule has 8 heteroatoms. The number of benzene rings is 2. The zero-order chi connectivity index (χ0) is 19.4. The van der Waals surface area contributed by atoms with Gasteiger partial charge in [-0.1, -0.05) is 30.3 Å². The molecule has 138 valence electrons. The van der Waals surface area contributed by atoms with E-state index < -0.39 is 4.92 Å². The molecule has 0 spiro atoms. The number of aromatic nitrogens is 1. The van der Waals surface area contributed by atoms with Gasteiger partial charge in [0.1, 0.15) is 5.75 Å². The first-order chi connectivity index (χ1) is 12.9. The molecule has 1 N–H and O–H groups in total. The molecule has 0 unspecified atom stereocenters. The van der Waals surface area contributed by atoms with E-state index in [0.29, 0.717) is 16.4 Å². The van der Waals surface area contributed by atoms with Gasteiger partial charge < -0.3 is 4.74 Å². The second-order valence-electron chi connectivity index (χ2n) is 5.83. The Balaban J connectivity index is 1.62. The predicted octanol–water partition coefficient (Wildman–Crippen LogP) is 4.35. The van der Waals surface area contributed by atoms with Crippen LogP contribution in [0.5, 0.6) is 5.75 Å². The van der Waals surface area contributed by atoms with Crippen molar-refractivity contribution in [3.8, 4) is 17.0 Å². The Kier molecular flexibility index (Phi) is 5.46.